The highest BCUT2D eigenvalue weighted by Crippen LogP contribution is 2.24. The van der Waals surface area contributed by atoms with Crippen molar-refractivity contribution in [2.24, 2.45) is 0 Å². The van der Waals surface area contributed by atoms with Gasteiger partial charge in [-0.2, -0.15) is 0 Å². The molecule has 2 unspecified atom stereocenters. The second kappa shape index (κ2) is 7.00. The Balaban J connectivity index is 2.91. The van der Waals surface area contributed by atoms with Crippen molar-refractivity contribution in [3.63, 3.8) is 0 Å². The molecular formula is C14H22ClNO. The van der Waals surface area contributed by atoms with E-state index in [-0.39, 0.29) is 12.1 Å². The Hall–Kier alpha value is -0.570. The summed E-state index contributed by atoms with van der Waals surface area (Å²) < 4.78 is 5.43. The summed E-state index contributed by atoms with van der Waals surface area (Å²) in [6.45, 7) is 7.22. The summed E-state index contributed by atoms with van der Waals surface area (Å²) in [6.07, 6.45) is 1.23. The van der Waals surface area contributed by atoms with E-state index in [0.29, 0.717) is 0 Å². The fourth-order valence-corrected chi connectivity index (χ4v) is 1.98. The second-order valence-electron chi connectivity index (χ2n) is 4.38. The summed E-state index contributed by atoms with van der Waals surface area (Å²) in [7, 11) is 1.74. The van der Waals surface area contributed by atoms with Crippen LogP contribution in [0.2, 0.25) is 5.02 Å². The molecule has 0 fully saturated rings. The number of rotatable bonds is 6. The lowest BCUT2D eigenvalue weighted by molar-refractivity contribution is 0.0830. The third kappa shape index (κ3) is 3.98. The largest absolute Gasteiger partial charge is 0.380 e. The van der Waals surface area contributed by atoms with Crippen molar-refractivity contribution in [2.45, 2.75) is 39.3 Å². The minimum absolute atomic E-state index is 0.125. The van der Waals surface area contributed by atoms with Crippen molar-refractivity contribution in [3.05, 3.63) is 34.3 Å². The molecule has 0 spiro atoms. The van der Waals surface area contributed by atoms with E-state index in [0.717, 1.165) is 23.6 Å². The zero-order valence-electron chi connectivity index (χ0n) is 11.1. The van der Waals surface area contributed by atoms with E-state index in [1.165, 1.54) is 5.56 Å². The summed E-state index contributed by atoms with van der Waals surface area (Å²) in [5.74, 6) is 0. The van der Waals surface area contributed by atoms with Gasteiger partial charge in [-0.25, -0.2) is 0 Å². The number of benzene rings is 1. The summed E-state index contributed by atoms with van der Waals surface area (Å²) in [6, 6.07) is 6.39. The molecule has 0 saturated heterocycles. The molecule has 2 nitrogen and oxygen atoms in total. The zero-order chi connectivity index (χ0) is 12.8. The number of aryl methyl sites for hydroxylation is 1. The first-order chi connectivity index (χ1) is 8.10. The molecule has 2 atom stereocenters. The van der Waals surface area contributed by atoms with Crippen LogP contribution in [0.1, 0.15) is 37.4 Å². The SMILES string of the molecule is CCCNC(c1ccc(C)c(Cl)c1)C(C)OC. The van der Waals surface area contributed by atoms with Crippen LogP contribution < -0.4 is 5.32 Å². The quantitative estimate of drug-likeness (QED) is 0.837. The highest BCUT2D eigenvalue weighted by atomic mass is 35.5. The van der Waals surface area contributed by atoms with Gasteiger partial charge in [0.2, 0.25) is 0 Å². The molecule has 0 aliphatic rings. The van der Waals surface area contributed by atoms with E-state index in [2.05, 4.69) is 31.3 Å². The predicted molar refractivity (Wildman–Crippen MR) is 73.7 cm³/mol. The highest BCUT2D eigenvalue weighted by molar-refractivity contribution is 6.31. The lowest BCUT2D eigenvalue weighted by Crippen LogP contribution is -2.32. The van der Waals surface area contributed by atoms with E-state index in [9.17, 15) is 0 Å². The topological polar surface area (TPSA) is 21.3 Å². The van der Waals surface area contributed by atoms with E-state index in [1.807, 2.05) is 13.0 Å². The number of hydrogen-bond acceptors (Lipinski definition) is 2. The van der Waals surface area contributed by atoms with Crippen molar-refractivity contribution < 1.29 is 4.74 Å². The Morgan fingerprint density at radius 1 is 1.41 bits per heavy atom. The molecule has 0 aliphatic carbocycles. The first kappa shape index (κ1) is 14.5. The molecule has 0 saturated carbocycles. The Bertz CT molecular complexity index is 354. The summed E-state index contributed by atoms with van der Waals surface area (Å²) >= 11 is 6.17. The molecular weight excluding hydrogens is 234 g/mol. The van der Waals surface area contributed by atoms with Gasteiger partial charge in [0.25, 0.3) is 0 Å². The van der Waals surface area contributed by atoms with Crippen molar-refractivity contribution >= 4 is 11.6 Å². The first-order valence-electron chi connectivity index (χ1n) is 6.12. The summed E-state index contributed by atoms with van der Waals surface area (Å²) in [5.41, 5.74) is 2.29. The number of hydrogen-bond donors (Lipinski definition) is 1. The molecule has 0 aliphatic heterocycles. The molecule has 0 aromatic heterocycles. The van der Waals surface area contributed by atoms with Crippen LogP contribution in [-0.2, 0) is 4.74 Å². The highest BCUT2D eigenvalue weighted by Gasteiger charge is 2.18. The molecule has 0 amide bonds. The second-order valence-corrected chi connectivity index (χ2v) is 4.79. The van der Waals surface area contributed by atoms with Gasteiger partial charge in [-0.05, 0) is 44.0 Å². The van der Waals surface area contributed by atoms with Gasteiger partial charge >= 0.3 is 0 Å². The fraction of sp³-hybridized carbons (Fsp3) is 0.571. The van der Waals surface area contributed by atoms with Gasteiger partial charge in [-0.3, -0.25) is 0 Å². The van der Waals surface area contributed by atoms with E-state index >= 15 is 0 Å². The molecule has 3 heteroatoms. The standard InChI is InChI=1S/C14H22ClNO/c1-5-8-16-14(11(3)17-4)12-7-6-10(2)13(15)9-12/h6-7,9,11,14,16H,5,8H2,1-4H3. The monoisotopic (exact) mass is 255 g/mol. The number of halogens is 1. The van der Waals surface area contributed by atoms with Gasteiger partial charge < -0.3 is 10.1 Å². The average molecular weight is 256 g/mol. The number of methoxy groups -OCH3 is 1. The van der Waals surface area contributed by atoms with Crippen molar-refractivity contribution in [2.75, 3.05) is 13.7 Å². The Morgan fingerprint density at radius 2 is 2.12 bits per heavy atom. The lowest BCUT2D eigenvalue weighted by Gasteiger charge is -2.25. The molecule has 1 N–H and O–H groups in total. The molecule has 1 rings (SSSR count). The first-order valence-corrected chi connectivity index (χ1v) is 6.50. The minimum atomic E-state index is 0.125. The van der Waals surface area contributed by atoms with Crippen LogP contribution >= 0.6 is 11.6 Å². The Kier molecular flexibility index (Phi) is 5.96. The van der Waals surface area contributed by atoms with Crippen LogP contribution in [0, 0.1) is 6.92 Å². The molecule has 17 heavy (non-hydrogen) atoms. The van der Waals surface area contributed by atoms with Crippen LogP contribution in [0.5, 0.6) is 0 Å². The van der Waals surface area contributed by atoms with Gasteiger partial charge in [0.1, 0.15) is 0 Å². The third-order valence-corrected chi connectivity index (χ3v) is 3.42. The number of ether oxygens (including phenoxy) is 1. The molecule has 0 heterocycles. The van der Waals surface area contributed by atoms with Crippen LogP contribution in [-0.4, -0.2) is 19.8 Å². The normalized spacial score (nSPS) is 14.6. The molecule has 0 bridgehead atoms. The van der Waals surface area contributed by atoms with Crippen LogP contribution in [0.4, 0.5) is 0 Å². The molecule has 0 radical (unpaired) electrons. The maximum absolute atomic E-state index is 6.17. The molecule has 96 valence electrons. The molecule has 1 aromatic carbocycles. The van der Waals surface area contributed by atoms with E-state index < -0.39 is 0 Å². The van der Waals surface area contributed by atoms with Gasteiger partial charge in [-0.15, -0.1) is 0 Å². The van der Waals surface area contributed by atoms with E-state index in [1.54, 1.807) is 7.11 Å². The maximum Gasteiger partial charge on any atom is 0.0737 e. The molecule has 1 aromatic rings. The Morgan fingerprint density at radius 3 is 2.65 bits per heavy atom. The number of nitrogens with one attached hydrogen (secondary N) is 1. The van der Waals surface area contributed by atoms with Crippen molar-refractivity contribution in [1.29, 1.82) is 0 Å². The smallest absolute Gasteiger partial charge is 0.0737 e. The zero-order valence-corrected chi connectivity index (χ0v) is 11.8. The average Bonchev–Trinajstić information content (AvgIpc) is 2.33. The van der Waals surface area contributed by atoms with Crippen molar-refractivity contribution in [1.82, 2.24) is 5.32 Å². The Labute approximate surface area is 109 Å². The van der Waals surface area contributed by atoms with Crippen LogP contribution in [0.3, 0.4) is 0 Å². The van der Waals surface area contributed by atoms with Gasteiger partial charge in [0, 0.05) is 12.1 Å². The van der Waals surface area contributed by atoms with Crippen LogP contribution in [0.15, 0.2) is 18.2 Å². The van der Waals surface area contributed by atoms with Gasteiger partial charge in [0.05, 0.1) is 12.1 Å². The lowest BCUT2D eigenvalue weighted by atomic mass is 10.0. The predicted octanol–water partition coefficient (Wildman–Crippen LogP) is 3.72. The van der Waals surface area contributed by atoms with Gasteiger partial charge in [0.15, 0.2) is 0 Å². The van der Waals surface area contributed by atoms with Gasteiger partial charge in [-0.1, -0.05) is 30.7 Å². The van der Waals surface area contributed by atoms with Crippen molar-refractivity contribution in [3.8, 4) is 0 Å². The minimum Gasteiger partial charge on any atom is -0.380 e. The summed E-state index contributed by atoms with van der Waals surface area (Å²) in [4.78, 5) is 0. The van der Waals surface area contributed by atoms with E-state index in [4.69, 9.17) is 16.3 Å². The summed E-state index contributed by atoms with van der Waals surface area (Å²) in [5, 5.41) is 4.31. The van der Waals surface area contributed by atoms with Crippen LogP contribution in [0.25, 0.3) is 0 Å². The fourth-order valence-electron chi connectivity index (χ4n) is 1.79. The maximum atomic E-state index is 6.17. The third-order valence-electron chi connectivity index (χ3n) is 3.01.